The molecule has 128 valence electrons. The maximum absolute atomic E-state index is 13.8. The van der Waals surface area contributed by atoms with Gasteiger partial charge in [-0.1, -0.05) is 26.8 Å². The third kappa shape index (κ3) is 3.67. The molecule has 0 unspecified atom stereocenters. The molecule has 0 aliphatic heterocycles. The second-order valence-corrected chi connectivity index (χ2v) is 6.73. The van der Waals surface area contributed by atoms with Crippen molar-refractivity contribution in [3.63, 3.8) is 0 Å². The summed E-state index contributed by atoms with van der Waals surface area (Å²) in [5.41, 5.74) is 1.69. The van der Waals surface area contributed by atoms with Crippen LogP contribution in [0.1, 0.15) is 44.0 Å². The van der Waals surface area contributed by atoms with Crippen molar-refractivity contribution in [2.45, 2.75) is 45.6 Å². The van der Waals surface area contributed by atoms with Gasteiger partial charge >= 0.3 is 0 Å². The van der Waals surface area contributed by atoms with Gasteiger partial charge in [0, 0.05) is 23.1 Å². The molecule has 0 bridgehead atoms. The number of ether oxygens (including phenoxy) is 1. The van der Waals surface area contributed by atoms with Crippen molar-refractivity contribution in [2.75, 3.05) is 7.11 Å². The first-order chi connectivity index (χ1) is 11.3. The maximum Gasteiger partial charge on any atom is 0.270 e. The van der Waals surface area contributed by atoms with Gasteiger partial charge in [-0.15, -0.1) is 0 Å². The summed E-state index contributed by atoms with van der Waals surface area (Å²) in [4.78, 5) is 12.7. The number of nitriles is 1. The van der Waals surface area contributed by atoms with Crippen molar-refractivity contribution in [3.05, 3.63) is 51.2 Å². The molecule has 1 aromatic heterocycles. The molecule has 2 aromatic rings. The minimum absolute atomic E-state index is 0.161. The highest BCUT2D eigenvalue weighted by atomic mass is 19.1. The van der Waals surface area contributed by atoms with Gasteiger partial charge in [0.25, 0.3) is 5.56 Å². The van der Waals surface area contributed by atoms with E-state index < -0.39 is 5.82 Å². The van der Waals surface area contributed by atoms with Crippen molar-refractivity contribution in [1.29, 1.82) is 5.26 Å². The van der Waals surface area contributed by atoms with Crippen molar-refractivity contribution in [1.82, 2.24) is 9.78 Å². The molecule has 0 saturated carbocycles. The molecule has 0 atom stereocenters. The number of aromatic amines is 1. The van der Waals surface area contributed by atoms with Crippen molar-refractivity contribution >= 4 is 0 Å². The number of hydrogen-bond acceptors (Lipinski definition) is 3. The van der Waals surface area contributed by atoms with Crippen LogP contribution in [-0.2, 0) is 18.4 Å². The number of benzene rings is 1. The normalized spacial score (nSPS) is 11.3. The zero-order chi connectivity index (χ0) is 17.9. The van der Waals surface area contributed by atoms with Gasteiger partial charge in [-0.25, -0.2) is 9.07 Å². The number of nitrogens with one attached hydrogen (secondary N) is 1. The van der Waals surface area contributed by atoms with Crippen LogP contribution in [0, 0.1) is 17.1 Å². The fourth-order valence-electron chi connectivity index (χ4n) is 2.66. The molecule has 2 rings (SSSR count). The first-order valence-corrected chi connectivity index (χ1v) is 7.79. The first-order valence-electron chi connectivity index (χ1n) is 7.79. The van der Waals surface area contributed by atoms with E-state index >= 15 is 0 Å². The fourth-order valence-corrected chi connectivity index (χ4v) is 2.66. The Balaban J connectivity index is 2.41. The largest absolute Gasteiger partial charge is 0.494 e. The van der Waals surface area contributed by atoms with E-state index in [1.165, 1.54) is 17.9 Å². The number of methoxy groups -OCH3 is 1. The van der Waals surface area contributed by atoms with E-state index in [2.05, 4.69) is 11.2 Å². The molecular weight excluding hydrogens is 309 g/mol. The molecule has 0 amide bonds. The van der Waals surface area contributed by atoms with Crippen LogP contribution in [0.3, 0.4) is 0 Å². The summed E-state index contributed by atoms with van der Waals surface area (Å²) in [6, 6.07) is 6.70. The molecule has 0 aliphatic carbocycles. The first kappa shape index (κ1) is 17.8. The molecule has 0 spiro atoms. The standard InChI is InChI=1S/C18H22FN3O2/c1-18(2,3)16-13(6-5-9-20)17(23)22(21-16)11-12-7-8-15(24-4)14(19)10-12/h7-8,10,21H,5-6,11H2,1-4H3. The molecule has 0 aliphatic rings. The van der Waals surface area contributed by atoms with Crippen LogP contribution in [0.4, 0.5) is 4.39 Å². The van der Waals surface area contributed by atoms with Gasteiger partial charge in [-0.2, -0.15) is 5.26 Å². The summed E-state index contributed by atoms with van der Waals surface area (Å²) in [6.45, 7) is 6.25. The lowest BCUT2D eigenvalue weighted by molar-refractivity contribution is 0.386. The number of halogens is 1. The molecule has 0 saturated heterocycles. The Morgan fingerprint density at radius 1 is 1.38 bits per heavy atom. The van der Waals surface area contributed by atoms with Gasteiger partial charge in [-0.05, 0) is 24.1 Å². The van der Waals surface area contributed by atoms with Crippen LogP contribution >= 0.6 is 0 Å². The summed E-state index contributed by atoms with van der Waals surface area (Å²) in [5.74, 6) is -0.293. The van der Waals surface area contributed by atoms with Crippen LogP contribution in [0.15, 0.2) is 23.0 Å². The average molecular weight is 331 g/mol. The van der Waals surface area contributed by atoms with Crippen molar-refractivity contribution < 1.29 is 9.13 Å². The fraction of sp³-hybridized carbons (Fsp3) is 0.444. The van der Waals surface area contributed by atoms with Gasteiger partial charge in [0.1, 0.15) is 0 Å². The molecule has 0 radical (unpaired) electrons. The predicted molar refractivity (Wildman–Crippen MR) is 89.7 cm³/mol. The Labute approximate surface area is 140 Å². The smallest absolute Gasteiger partial charge is 0.270 e. The van der Waals surface area contributed by atoms with E-state index in [1.807, 2.05) is 20.8 Å². The minimum atomic E-state index is -0.463. The Kier molecular flexibility index (Phi) is 5.13. The lowest BCUT2D eigenvalue weighted by Gasteiger charge is -2.18. The number of nitrogens with zero attached hydrogens (tertiary/aromatic N) is 2. The van der Waals surface area contributed by atoms with E-state index in [0.717, 1.165) is 5.69 Å². The van der Waals surface area contributed by atoms with Gasteiger partial charge in [-0.3, -0.25) is 9.89 Å². The van der Waals surface area contributed by atoms with Crippen LogP contribution in [0.5, 0.6) is 5.75 Å². The molecule has 24 heavy (non-hydrogen) atoms. The second-order valence-electron chi connectivity index (χ2n) is 6.73. The maximum atomic E-state index is 13.8. The zero-order valence-electron chi connectivity index (χ0n) is 14.4. The van der Waals surface area contributed by atoms with E-state index in [1.54, 1.807) is 12.1 Å². The summed E-state index contributed by atoms with van der Waals surface area (Å²) < 4.78 is 20.2. The van der Waals surface area contributed by atoms with Crippen molar-refractivity contribution in [3.8, 4) is 11.8 Å². The van der Waals surface area contributed by atoms with Crippen LogP contribution in [0.25, 0.3) is 0 Å². The monoisotopic (exact) mass is 331 g/mol. The highest BCUT2D eigenvalue weighted by molar-refractivity contribution is 5.30. The van der Waals surface area contributed by atoms with E-state index in [4.69, 9.17) is 10.00 Å². The summed E-state index contributed by atoms with van der Waals surface area (Å²) in [5, 5.41) is 11.9. The van der Waals surface area contributed by atoms with Crippen LogP contribution in [0.2, 0.25) is 0 Å². The summed E-state index contributed by atoms with van der Waals surface area (Å²) >= 11 is 0. The minimum Gasteiger partial charge on any atom is -0.494 e. The topological polar surface area (TPSA) is 70.8 Å². The predicted octanol–water partition coefficient (Wildman–Crippen LogP) is 3.13. The lowest BCUT2D eigenvalue weighted by Crippen LogP contribution is -2.20. The average Bonchev–Trinajstić information content (AvgIpc) is 2.82. The van der Waals surface area contributed by atoms with Crippen LogP contribution in [-0.4, -0.2) is 16.9 Å². The third-order valence-corrected chi connectivity index (χ3v) is 3.85. The molecule has 1 heterocycles. The van der Waals surface area contributed by atoms with Gasteiger partial charge in [0.05, 0.1) is 19.7 Å². The summed E-state index contributed by atoms with van der Waals surface area (Å²) in [7, 11) is 1.41. The van der Waals surface area contributed by atoms with Gasteiger partial charge in [0.15, 0.2) is 11.6 Å². The number of aromatic nitrogens is 2. The number of hydrogen-bond donors (Lipinski definition) is 1. The highest BCUT2D eigenvalue weighted by Crippen LogP contribution is 2.24. The molecule has 1 N–H and O–H groups in total. The number of rotatable bonds is 5. The third-order valence-electron chi connectivity index (χ3n) is 3.85. The summed E-state index contributed by atoms with van der Waals surface area (Å²) in [6.07, 6.45) is 0.690. The Morgan fingerprint density at radius 2 is 2.08 bits per heavy atom. The van der Waals surface area contributed by atoms with Gasteiger partial charge in [0.2, 0.25) is 0 Å². The highest BCUT2D eigenvalue weighted by Gasteiger charge is 2.24. The Bertz CT molecular complexity index is 822. The Hall–Kier alpha value is -2.55. The molecule has 5 nitrogen and oxygen atoms in total. The number of H-pyrrole nitrogens is 1. The quantitative estimate of drug-likeness (QED) is 0.915. The SMILES string of the molecule is COc1ccc(Cn2[nH]c(C(C)(C)C)c(CCC#N)c2=O)cc1F. The van der Waals surface area contributed by atoms with E-state index in [0.29, 0.717) is 17.5 Å². The molecule has 1 aromatic carbocycles. The van der Waals surface area contributed by atoms with E-state index in [-0.39, 0.29) is 29.7 Å². The second kappa shape index (κ2) is 6.91. The molecule has 6 heteroatoms. The van der Waals surface area contributed by atoms with Crippen molar-refractivity contribution in [2.24, 2.45) is 0 Å². The van der Waals surface area contributed by atoms with Crippen LogP contribution < -0.4 is 10.3 Å². The van der Waals surface area contributed by atoms with E-state index in [9.17, 15) is 9.18 Å². The van der Waals surface area contributed by atoms with Gasteiger partial charge < -0.3 is 4.74 Å². The molecule has 0 fully saturated rings. The Morgan fingerprint density at radius 3 is 2.62 bits per heavy atom. The molecular formula is C18H22FN3O2. The zero-order valence-corrected chi connectivity index (χ0v) is 14.4. The lowest BCUT2D eigenvalue weighted by atomic mass is 9.88.